The molecule has 20 heavy (non-hydrogen) atoms. The third-order valence-electron chi connectivity index (χ3n) is 4.63. The number of fused-ring (bicyclic) bond motifs is 3. The highest BCUT2D eigenvalue weighted by atomic mass is 16.1. The summed E-state index contributed by atoms with van der Waals surface area (Å²) in [7, 11) is 0. The first-order valence-electron chi connectivity index (χ1n) is 7.38. The number of aromatic nitrogens is 1. The highest BCUT2D eigenvalue weighted by molar-refractivity contribution is 5.98. The van der Waals surface area contributed by atoms with E-state index < -0.39 is 0 Å². The van der Waals surface area contributed by atoms with Gasteiger partial charge < -0.3 is 15.2 Å². The van der Waals surface area contributed by atoms with Crippen molar-refractivity contribution >= 4 is 16.7 Å². The lowest BCUT2D eigenvalue weighted by atomic mass is 9.96. The van der Waals surface area contributed by atoms with Crippen molar-refractivity contribution in [3.8, 4) is 0 Å². The summed E-state index contributed by atoms with van der Waals surface area (Å²) in [5, 5.41) is 5.43. The minimum atomic E-state index is 0.0561. The average molecular weight is 269 g/mol. The van der Waals surface area contributed by atoms with Crippen LogP contribution in [0.4, 0.5) is 0 Å². The van der Waals surface area contributed by atoms with Gasteiger partial charge in [0.1, 0.15) is 0 Å². The monoisotopic (exact) mass is 269 g/mol. The minimum Gasteiger partial charge on any atom is -0.366 e. The van der Waals surface area contributed by atoms with Gasteiger partial charge >= 0.3 is 0 Å². The number of carbonyl (C=O) groups excluding carboxylic acids is 1. The molecular weight excluding hydrogens is 250 g/mol. The zero-order valence-electron chi connectivity index (χ0n) is 11.4. The van der Waals surface area contributed by atoms with E-state index in [1.54, 1.807) is 0 Å². The number of hydrogen-bond donors (Lipinski definition) is 2. The first-order chi connectivity index (χ1) is 9.78. The number of hydrogen-bond acceptors (Lipinski definition) is 2. The smallest absolute Gasteiger partial charge is 0.251 e. The topological polar surface area (TPSA) is 48.1 Å². The summed E-state index contributed by atoms with van der Waals surface area (Å²) in [5.74, 6) is 0.835. The molecule has 4 rings (SSSR count). The van der Waals surface area contributed by atoms with E-state index in [1.165, 1.54) is 19.5 Å². The van der Waals surface area contributed by atoms with Gasteiger partial charge in [0.15, 0.2) is 0 Å². The van der Waals surface area contributed by atoms with E-state index in [-0.39, 0.29) is 5.91 Å². The number of benzene rings is 1. The second-order valence-corrected chi connectivity index (χ2v) is 6.12. The third-order valence-corrected chi connectivity index (χ3v) is 4.63. The number of carbonyl (C=O) groups is 1. The molecule has 2 N–H and O–H groups in total. The molecule has 0 saturated carbocycles. The summed E-state index contributed by atoms with van der Waals surface area (Å²) in [5.41, 5.74) is 0.755. The summed E-state index contributed by atoms with van der Waals surface area (Å²) in [6, 6.07) is 6.17. The Morgan fingerprint density at radius 2 is 2.15 bits per heavy atom. The molecule has 0 aliphatic carbocycles. The highest BCUT2D eigenvalue weighted by Gasteiger charge is 2.32. The van der Waals surface area contributed by atoms with Crippen molar-refractivity contribution in [1.29, 1.82) is 0 Å². The molecule has 1 amide bonds. The predicted octanol–water partition coefficient (Wildman–Crippen LogP) is 1.99. The second kappa shape index (κ2) is 4.63. The van der Waals surface area contributed by atoms with Gasteiger partial charge in [-0.1, -0.05) is 6.07 Å². The molecular formula is C16H19N3O. The molecule has 2 fully saturated rings. The number of amides is 1. The van der Waals surface area contributed by atoms with Gasteiger partial charge in [-0.15, -0.1) is 0 Å². The Morgan fingerprint density at radius 3 is 3.05 bits per heavy atom. The number of nitrogens with zero attached hydrogens (tertiary/aromatic N) is 1. The van der Waals surface area contributed by atoms with E-state index in [4.69, 9.17) is 0 Å². The molecule has 2 aliphatic rings. The average Bonchev–Trinajstić information content (AvgIpc) is 3.04. The maximum Gasteiger partial charge on any atom is 0.251 e. The Hall–Kier alpha value is -1.81. The Kier molecular flexibility index (Phi) is 2.77. The summed E-state index contributed by atoms with van der Waals surface area (Å²) >= 11 is 0. The fourth-order valence-corrected chi connectivity index (χ4v) is 3.63. The van der Waals surface area contributed by atoms with Gasteiger partial charge in [0.2, 0.25) is 0 Å². The molecule has 3 heterocycles. The first kappa shape index (κ1) is 12.0. The quantitative estimate of drug-likeness (QED) is 0.876. The van der Waals surface area contributed by atoms with Crippen LogP contribution >= 0.6 is 0 Å². The van der Waals surface area contributed by atoms with Crippen LogP contribution in [0.1, 0.15) is 23.2 Å². The molecule has 2 saturated heterocycles. The molecule has 0 spiro atoms. The molecule has 2 aromatic rings. The maximum atomic E-state index is 12.4. The zero-order valence-corrected chi connectivity index (χ0v) is 11.4. The van der Waals surface area contributed by atoms with Crippen molar-refractivity contribution in [2.75, 3.05) is 19.6 Å². The fraction of sp³-hybridized carbons (Fsp3) is 0.438. The van der Waals surface area contributed by atoms with Crippen molar-refractivity contribution in [3.63, 3.8) is 0 Å². The van der Waals surface area contributed by atoms with Gasteiger partial charge in [-0.3, -0.25) is 4.79 Å². The number of H-pyrrole nitrogens is 1. The van der Waals surface area contributed by atoms with Gasteiger partial charge in [-0.2, -0.15) is 0 Å². The van der Waals surface area contributed by atoms with Crippen LogP contribution in [0.5, 0.6) is 0 Å². The van der Waals surface area contributed by atoms with Gasteiger partial charge in [-0.05, 0) is 48.2 Å². The number of nitrogens with one attached hydrogen (secondary N) is 2. The van der Waals surface area contributed by atoms with Crippen molar-refractivity contribution in [3.05, 3.63) is 36.2 Å². The molecule has 4 nitrogen and oxygen atoms in total. The van der Waals surface area contributed by atoms with Gasteiger partial charge in [0, 0.05) is 37.1 Å². The van der Waals surface area contributed by atoms with Crippen molar-refractivity contribution < 1.29 is 4.79 Å². The van der Waals surface area contributed by atoms with E-state index in [1.807, 2.05) is 30.6 Å². The number of piperidine rings is 1. The molecule has 4 heteroatoms. The lowest BCUT2D eigenvalue weighted by Crippen LogP contribution is -2.47. The summed E-state index contributed by atoms with van der Waals surface area (Å²) in [6.45, 7) is 3.43. The van der Waals surface area contributed by atoms with E-state index in [0.29, 0.717) is 6.04 Å². The molecule has 1 aromatic carbocycles. The maximum absolute atomic E-state index is 12.4. The molecule has 3 unspecified atom stereocenters. The Balaban J connectivity index is 1.49. The van der Waals surface area contributed by atoms with Crippen LogP contribution in [0.25, 0.3) is 10.8 Å². The molecule has 104 valence electrons. The molecule has 3 atom stereocenters. The van der Waals surface area contributed by atoms with Gasteiger partial charge in [0.05, 0.1) is 0 Å². The first-order valence-corrected chi connectivity index (χ1v) is 7.38. The summed E-state index contributed by atoms with van der Waals surface area (Å²) < 4.78 is 0. The van der Waals surface area contributed by atoms with E-state index in [0.717, 1.165) is 35.2 Å². The number of aromatic amines is 1. The fourth-order valence-electron chi connectivity index (χ4n) is 3.63. The molecule has 1 aromatic heterocycles. The molecule has 2 aliphatic heterocycles. The standard InChI is InChI=1S/C16H19N3O/c20-16(12-1-2-13-7-17-8-14(13)6-12)18-15-5-11-3-4-19(9-11)10-15/h1-2,6-8,11,15,17H,3-5,9-10H2,(H,18,20). The minimum absolute atomic E-state index is 0.0561. The normalized spacial score (nSPS) is 28.7. The van der Waals surface area contributed by atoms with Crippen LogP contribution < -0.4 is 5.32 Å². The number of rotatable bonds is 2. The summed E-state index contributed by atoms with van der Waals surface area (Å²) in [4.78, 5) is 17.9. The SMILES string of the molecule is O=C(NC1CC2CCN(C2)C1)c1ccc2c[nH]cc2c1. The lowest BCUT2D eigenvalue weighted by Gasteiger charge is -2.30. The van der Waals surface area contributed by atoms with Gasteiger partial charge in [0.25, 0.3) is 5.91 Å². The zero-order chi connectivity index (χ0) is 13.5. The predicted molar refractivity (Wildman–Crippen MR) is 78.7 cm³/mol. The van der Waals surface area contributed by atoms with Crippen LogP contribution in [0.15, 0.2) is 30.6 Å². The third kappa shape index (κ3) is 2.10. The Bertz CT molecular complexity index is 636. The van der Waals surface area contributed by atoms with Crippen LogP contribution in [0, 0.1) is 5.92 Å². The van der Waals surface area contributed by atoms with E-state index in [2.05, 4.69) is 15.2 Å². The molecule has 0 radical (unpaired) electrons. The lowest BCUT2D eigenvalue weighted by molar-refractivity contribution is 0.0909. The van der Waals surface area contributed by atoms with E-state index in [9.17, 15) is 4.79 Å². The Labute approximate surface area is 118 Å². The van der Waals surface area contributed by atoms with E-state index >= 15 is 0 Å². The Morgan fingerprint density at radius 1 is 1.25 bits per heavy atom. The van der Waals surface area contributed by atoms with Crippen LogP contribution in [0.3, 0.4) is 0 Å². The highest BCUT2D eigenvalue weighted by Crippen LogP contribution is 2.27. The van der Waals surface area contributed by atoms with Gasteiger partial charge in [-0.25, -0.2) is 0 Å². The van der Waals surface area contributed by atoms with Crippen LogP contribution in [-0.4, -0.2) is 41.5 Å². The second-order valence-electron chi connectivity index (χ2n) is 6.12. The van der Waals surface area contributed by atoms with Crippen molar-refractivity contribution in [2.45, 2.75) is 18.9 Å². The van der Waals surface area contributed by atoms with Crippen molar-refractivity contribution in [2.24, 2.45) is 5.92 Å². The van der Waals surface area contributed by atoms with Crippen molar-refractivity contribution in [1.82, 2.24) is 15.2 Å². The molecule has 2 bridgehead atoms. The summed E-state index contributed by atoms with van der Waals surface area (Å²) in [6.07, 6.45) is 6.30. The van der Waals surface area contributed by atoms with Crippen LogP contribution in [0.2, 0.25) is 0 Å². The largest absolute Gasteiger partial charge is 0.366 e. The van der Waals surface area contributed by atoms with Crippen LogP contribution in [-0.2, 0) is 0 Å².